The lowest BCUT2D eigenvalue weighted by Gasteiger charge is -2.16. The fourth-order valence-corrected chi connectivity index (χ4v) is 4.03. The van der Waals surface area contributed by atoms with Crippen molar-refractivity contribution in [1.29, 1.82) is 0 Å². The first kappa shape index (κ1) is 19.7. The molecule has 0 unspecified atom stereocenters. The maximum Gasteiger partial charge on any atom is 0.242 e. The van der Waals surface area contributed by atoms with E-state index in [1.807, 2.05) is 6.92 Å². The second kappa shape index (κ2) is 8.51. The highest BCUT2D eigenvalue weighted by Crippen LogP contribution is 2.35. The minimum atomic E-state index is -3.91. The van der Waals surface area contributed by atoms with Gasteiger partial charge >= 0.3 is 0 Å². The van der Waals surface area contributed by atoms with Crippen LogP contribution in [0.15, 0.2) is 21.5 Å². The third kappa shape index (κ3) is 5.08. The van der Waals surface area contributed by atoms with Crippen molar-refractivity contribution in [3.8, 4) is 11.5 Å². The van der Waals surface area contributed by atoms with Crippen LogP contribution in [-0.2, 0) is 14.8 Å². The number of carbonyl (C=O) groups excluding carboxylic acids is 1. The van der Waals surface area contributed by atoms with Gasteiger partial charge in [-0.1, -0.05) is 6.92 Å². The van der Waals surface area contributed by atoms with Gasteiger partial charge in [-0.15, -0.1) is 0 Å². The van der Waals surface area contributed by atoms with Gasteiger partial charge in [-0.2, -0.15) is 4.72 Å². The van der Waals surface area contributed by atoms with E-state index in [4.69, 9.17) is 9.47 Å². The van der Waals surface area contributed by atoms with Gasteiger partial charge < -0.3 is 14.8 Å². The minimum Gasteiger partial charge on any atom is -0.493 e. The number of halogens is 1. The normalized spacial score (nSPS) is 12.6. The van der Waals surface area contributed by atoms with Crippen molar-refractivity contribution in [1.82, 2.24) is 10.0 Å². The summed E-state index contributed by atoms with van der Waals surface area (Å²) in [6.07, 6.45) is 0.770. The van der Waals surface area contributed by atoms with Crippen molar-refractivity contribution in [2.45, 2.75) is 31.2 Å². The molecule has 130 valence electrons. The number of sulfonamides is 1. The molecule has 1 atom stereocenters. The number of rotatable bonds is 8. The molecule has 0 saturated heterocycles. The molecule has 0 aromatic heterocycles. The van der Waals surface area contributed by atoms with Crippen LogP contribution in [0.4, 0.5) is 0 Å². The highest BCUT2D eigenvalue weighted by atomic mass is 79.9. The molecule has 7 nitrogen and oxygen atoms in total. The Morgan fingerprint density at radius 2 is 1.83 bits per heavy atom. The molecular weight excluding hydrogens is 388 g/mol. The number of benzene rings is 1. The van der Waals surface area contributed by atoms with E-state index < -0.39 is 16.1 Å². The Morgan fingerprint density at radius 1 is 1.26 bits per heavy atom. The van der Waals surface area contributed by atoms with E-state index in [9.17, 15) is 13.2 Å². The summed E-state index contributed by atoms with van der Waals surface area (Å²) in [7, 11) is -1.04. The highest BCUT2D eigenvalue weighted by Gasteiger charge is 2.25. The molecule has 0 spiro atoms. The van der Waals surface area contributed by atoms with E-state index in [2.05, 4.69) is 26.0 Å². The fourth-order valence-electron chi connectivity index (χ4n) is 1.79. The van der Waals surface area contributed by atoms with E-state index in [0.29, 0.717) is 16.8 Å². The Bertz CT molecular complexity index is 663. The van der Waals surface area contributed by atoms with Gasteiger partial charge in [0.2, 0.25) is 15.9 Å². The van der Waals surface area contributed by atoms with Crippen molar-refractivity contribution in [3.05, 3.63) is 16.6 Å². The molecule has 1 aromatic carbocycles. The second-order valence-electron chi connectivity index (χ2n) is 4.77. The first-order chi connectivity index (χ1) is 10.8. The summed E-state index contributed by atoms with van der Waals surface area (Å²) in [6.45, 7) is 3.89. The number of hydrogen-bond acceptors (Lipinski definition) is 5. The summed E-state index contributed by atoms with van der Waals surface area (Å²) in [5, 5.41) is 2.64. The lowest BCUT2D eigenvalue weighted by molar-refractivity contribution is -0.122. The predicted molar refractivity (Wildman–Crippen MR) is 90.3 cm³/mol. The smallest absolute Gasteiger partial charge is 0.242 e. The van der Waals surface area contributed by atoms with E-state index in [1.165, 1.54) is 33.3 Å². The number of hydrogen-bond donors (Lipinski definition) is 2. The van der Waals surface area contributed by atoms with Crippen molar-refractivity contribution >= 4 is 31.9 Å². The average Bonchev–Trinajstić information content (AvgIpc) is 2.51. The molecule has 0 fully saturated rings. The van der Waals surface area contributed by atoms with E-state index in [1.54, 1.807) is 0 Å². The van der Waals surface area contributed by atoms with Gasteiger partial charge in [-0.3, -0.25) is 4.79 Å². The standard InChI is InChI=1S/C14H21BrN2O5S/c1-5-6-16-14(18)9(2)17-23(19,20)13-8-12(22-4)11(21-3)7-10(13)15/h7-9,17H,5-6H2,1-4H3,(H,16,18)/t9-/m1/s1. The summed E-state index contributed by atoms with van der Waals surface area (Å²) >= 11 is 3.20. The quantitative estimate of drug-likeness (QED) is 0.681. The number of methoxy groups -OCH3 is 2. The third-order valence-corrected chi connectivity index (χ3v) is 5.50. The molecule has 2 N–H and O–H groups in total. The summed E-state index contributed by atoms with van der Waals surface area (Å²) in [4.78, 5) is 11.8. The van der Waals surface area contributed by atoms with Crippen LogP contribution in [0.1, 0.15) is 20.3 Å². The lowest BCUT2D eigenvalue weighted by Crippen LogP contribution is -2.44. The Morgan fingerprint density at radius 3 is 2.35 bits per heavy atom. The first-order valence-corrected chi connectivity index (χ1v) is 9.26. The van der Waals surface area contributed by atoms with Crippen LogP contribution >= 0.6 is 15.9 Å². The molecule has 0 aliphatic carbocycles. The number of amides is 1. The van der Waals surface area contributed by atoms with Gasteiger partial charge in [0.15, 0.2) is 11.5 Å². The van der Waals surface area contributed by atoms with Gasteiger partial charge in [0.1, 0.15) is 4.90 Å². The highest BCUT2D eigenvalue weighted by molar-refractivity contribution is 9.10. The SMILES string of the molecule is CCCNC(=O)[C@@H](C)NS(=O)(=O)c1cc(OC)c(OC)cc1Br. The van der Waals surface area contributed by atoms with Crippen LogP contribution in [0.5, 0.6) is 11.5 Å². The predicted octanol–water partition coefficient (Wildman–Crippen LogP) is 1.66. The van der Waals surface area contributed by atoms with Crippen molar-refractivity contribution in [2.24, 2.45) is 0 Å². The van der Waals surface area contributed by atoms with Crippen LogP contribution < -0.4 is 19.5 Å². The Balaban J connectivity index is 3.07. The summed E-state index contributed by atoms with van der Waals surface area (Å²) in [5.74, 6) is 0.290. The van der Waals surface area contributed by atoms with Gasteiger partial charge in [0.05, 0.1) is 20.3 Å². The average molecular weight is 409 g/mol. The van der Waals surface area contributed by atoms with Crippen LogP contribution in [0.25, 0.3) is 0 Å². The first-order valence-electron chi connectivity index (χ1n) is 6.98. The monoisotopic (exact) mass is 408 g/mol. The molecule has 1 rings (SSSR count). The number of ether oxygens (including phenoxy) is 2. The topological polar surface area (TPSA) is 93.7 Å². The summed E-state index contributed by atoms with van der Waals surface area (Å²) < 4.78 is 37.9. The van der Waals surface area contributed by atoms with Crippen molar-refractivity contribution in [2.75, 3.05) is 20.8 Å². The molecule has 23 heavy (non-hydrogen) atoms. The Labute approximate surface area is 144 Å². The zero-order valence-electron chi connectivity index (χ0n) is 13.5. The van der Waals surface area contributed by atoms with Crippen molar-refractivity contribution in [3.63, 3.8) is 0 Å². The molecule has 0 radical (unpaired) electrons. The molecule has 1 aromatic rings. The van der Waals surface area contributed by atoms with Gasteiger partial charge in [0, 0.05) is 17.1 Å². The molecule has 9 heteroatoms. The molecular formula is C14H21BrN2O5S. The molecule has 0 bridgehead atoms. The Kier molecular flexibility index (Phi) is 7.30. The van der Waals surface area contributed by atoms with E-state index in [-0.39, 0.29) is 16.6 Å². The maximum atomic E-state index is 12.5. The van der Waals surface area contributed by atoms with Crippen LogP contribution in [0.2, 0.25) is 0 Å². The largest absolute Gasteiger partial charge is 0.493 e. The maximum absolute atomic E-state index is 12.5. The Hall–Kier alpha value is -1.32. The van der Waals surface area contributed by atoms with Gasteiger partial charge in [0.25, 0.3) is 0 Å². The molecule has 0 saturated carbocycles. The summed E-state index contributed by atoms with van der Waals surface area (Å²) in [5.41, 5.74) is 0. The molecule has 0 aliphatic rings. The van der Waals surface area contributed by atoms with Crippen LogP contribution in [0, 0.1) is 0 Å². The van der Waals surface area contributed by atoms with E-state index >= 15 is 0 Å². The molecule has 0 aliphatic heterocycles. The zero-order valence-corrected chi connectivity index (χ0v) is 15.9. The van der Waals surface area contributed by atoms with Gasteiger partial charge in [-0.05, 0) is 35.3 Å². The van der Waals surface area contributed by atoms with Crippen LogP contribution in [-0.4, -0.2) is 41.1 Å². The lowest BCUT2D eigenvalue weighted by atomic mass is 10.3. The van der Waals surface area contributed by atoms with Gasteiger partial charge in [-0.25, -0.2) is 8.42 Å². The second-order valence-corrected chi connectivity index (χ2v) is 7.31. The molecule has 1 amide bonds. The molecule has 0 heterocycles. The third-order valence-electron chi connectivity index (χ3n) is 3.00. The number of carbonyl (C=O) groups is 1. The van der Waals surface area contributed by atoms with Crippen molar-refractivity contribution < 1.29 is 22.7 Å². The fraction of sp³-hybridized carbons (Fsp3) is 0.500. The summed E-state index contributed by atoms with van der Waals surface area (Å²) in [6, 6.07) is 1.93. The minimum absolute atomic E-state index is 0.0368. The van der Waals surface area contributed by atoms with E-state index in [0.717, 1.165) is 6.42 Å². The zero-order chi connectivity index (χ0) is 17.6. The number of nitrogens with one attached hydrogen (secondary N) is 2. The van der Waals surface area contributed by atoms with Crippen LogP contribution in [0.3, 0.4) is 0 Å².